The molecule has 2 amide bonds. The molecule has 5 rings (SSSR count). The highest BCUT2D eigenvalue weighted by molar-refractivity contribution is 5.95. The summed E-state index contributed by atoms with van der Waals surface area (Å²) in [7, 11) is 0. The second-order valence-corrected chi connectivity index (χ2v) is 14.7. The van der Waals surface area contributed by atoms with Crippen LogP contribution in [-0.4, -0.2) is 82.0 Å². The Balaban J connectivity index is 0.984. The van der Waals surface area contributed by atoms with Crippen LogP contribution < -0.4 is 10.6 Å². The normalized spacial score (nSPS) is 18.0. The van der Waals surface area contributed by atoms with Gasteiger partial charge in [-0.2, -0.15) is 0 Å². The van der Waals surface area contributed by atoms with Crippen LogP contribution >= 0.6 is 0 Å². The Bertz CT molecular complexity index is 1870. The van der Waals surface area contributed by atoms with Gasteiger partial charge in [-0.3, -0.25) is 9.59 Å². The summed E-state index contributed by atoms with van der Waals surface area (Å²) < 4.78 is 9.31. The van der Waals surface area contributed by atoms with Crippen molar-refractivity contribution < 1.29 is 29.6 Å². The number of nitrogens with zero attached hydrogens (tertiary/aromatic N) is 6. The molecule has 1 aliphatic heterocycles. The van der Waals surface area contributed by atoms with Gasteiger partial charge in [-0.05, 0) is 51.8 Å². The lowest BCUT2D eigenvalue weighted by Gasteiger charge is -2.38. The third-order valence-electron chi connectivity index (χ3n) is 10.1. The molecule has 296 valence electrons. The summed E-state index contributed by atoms with van der Waals surface area (Å²) >= 11 is 0. The molecular formula is C41H56N8O6. The second kappa shape index (κ2) is 20.1. The Labute approximate surface area is 323 Å². The molecule has 5 atom stereocenters. The zero-order valence-corrected chi connectivity index (χ0v) is 32.3. The van der Waals surface area contributed by atoms with Crippen LogP contribution in [0.3, 0.4) is 0 Å². The number of para-hydroxylation sites is 2. The lowest BCUT2D eigenvalue weighted by Crippen LogP contribution is -2.47. The molecule has 14 heteroatoms. The number of hydrogen-bond acceptors (Lipinski definition) is 10. The molecule has 0 saturated carbocycles. The van der Waals surface area contributed by atoms with Gasteiger partial charge in [0.15, 0.2) is 0 Å². The van der Waals surface area contributed by atoms with Crippen LogP contribution in [0.2, 0.25) is 0 Å². The lowest BCUT2D eigenvalue weighted by atomic mass is 9.87. The maximum Gasteiger partial charge on any atom is 0.224 e. The van der Waals surface area contributed by atoms with Crippen LogP contribution in [0.25, 0.3) is 22.5 Å². The molecule has 2 aromatic carbocycles. The van der Waals surface area contributed by atoms with E-state index in [0.29, 0.717) is 30.0 Å². The summed E-state index contributed by atoms with van der Waals surface area (Å²) in [4.78, 5) is 25.6. The van der Waals surface area contributed by atoms with E-state index in [1.807, 2.05) is 81.6 Å². The average molecular weight is 757 g/mol. The smallest absolute Gasteiger partial charge is 0.224 e. The first-order valence-corrected chi connectivity index (χ1v) is 19.5. The van der Waals surface area contributed by atoms with Crippen LogP contribution in [0, 0.1) is 5.92 Å². The zero-order chi connectivity index (χ0) is 39.3. The van der Waals surface area contributed by atoms with Crippen LogP contribution in [0.5, 0.6) is 0 Å². The molecule has 14 nitrogen and oxygen atoms in total. The number of rotatable bonds is 20. The summed E-state index contributed by atoms with van der Waals surface area (Å²) in [5.74, 6) is 0.227. The zero-order valence-electron chi connectivity index (χ0n) is 32.3. The average Bonchev–Trinajstić information content (AvgIpc) is 3.88. The minimum Gasteiger partial charge on any atom is -0.492 e. The number of ether oxygens (including phenoxy) is 1. The molecule has 0 unspecified atom stereocenters. The summed E-state index contributed by atoms with van der Waals surface area (Å²) in [6.07, 6.45) is 11.0. The largest absolute Gasteiger partial charge is 0.492 e. The second-order valence-electron chi connectivity index (χ2n) is 14.7. The van der Waals surface area contributed by atoms with E-state index in [1.54, 1.807) is 22.5 Å². The maximum atomic E-state index is 12.9. The quantitative estimate of drug-likeness (QED) is 0.0627. The van der Waals surface area contributed by atoms with Gasteiger partial charge < -0.3 is 30.7 Å². The van der Waals surface area contributed by atoms with Gasteiger partial charge in [-0.15, -0.1) is 10.2 Å². The fraction of sp³-hybridized carbons (Fsp3) is 0.512. The third kappa shape index (κ3) is 11.3. The van der Waals surface area contributed by atoms with Gasteiger partial charge in [-0.25, -0.2) is 9.36 Å². The number of amides is 2. The number of benzene rings is 2. The number of aromatic nitrogens is 6. The molecule has 55 heavy (non-hydrogen) atoms. The number of allylic oxidation sites excluding steroid dienone is 2. The number of aliphatic hydroxyl groups excluding tert-OH is 3. The number of anilines is 2. The van der Waals surface area contributed by atoms with Gasteiger partial charge in [-0.1, -0.05) is 92.3 Å². The minimum absolute atomic E-state index is 0.000682. The van der Waals surface area contributed by atoms with E-state index < -0.39 is 24.9 Å². The van der Waals surface area contributed by atoms with Gasteiger partial charge >= 0.3 is 0 Å². The topological polar surface area (TPSA) is 190 Å². The molecule has 1 aliphatic rings. The molecular weight excluding hydrogens is 701 g/mol. The van der Waals surface area contributed by atoms with E-state index in [9.17, 15) is 24.9 Å². The van der Waals surface area contributed by atoms with Crippen molar-refractivity contribution in [3.05, 3.63) is 72.8 Å². The fourth-order valence-electron chi connectivity index (χ4n) is 6.86. The summed E-state index contributed by atoms with van der Waals surface area (Å²) in [5, 5.41) is 53.3. The predicted octanol–water partition coefficient (Wildman–Crippen LogP) is 6.46. The van der Waals surface area contributed by atoms with Crippen molar-refractivity contribution in [1.29, 1.82) is 0 Å². The highest BCUT2D eigenvalue weighted by atomic mass is 16.5. The minimum atomic E-state index is -1.33. The number of aliphatic hydroxyl groups is 3. The lowest BCUT2D eigenvalue weighted by molar-refractivity contribution is -0.117. The first-order valence-electron chi connectivity index (χ1n) is 19.5. The molecule has 3 heterocycles. The predicted molar refractivity (Wildman–Crippen MR) is 211 cm³/mol. The molecule has 0 radical (unpaired) electrons. The Kier molecular flexibility index (Phi) is 15.1. The maximum absolute atomic E-state index is 12.9. The van der Waals surface area contributed by atoms with Crippen LogP contribution in [0.4, 0.5) is 11.4 Å². The molecule has 0 bridgehead atoms. The van der Waals surface area contributed by atoms with Gasteiger partial charge in [0, 0.05) is 35.9 Å². The number of carbonyl (C=O) groups is 2. The number of unbranched alkanes of at least 4 members (excludes halogenated alkanes) is 7. The first-order chi connectivity index (χ1) is 26.5. The van der Waals surface area contributed by atoms with Crippen LogP contribution in [0.15, 0.2) is 72.8 Å². The van der Waals surface area contributed by atoms with Crippen LogP contribution in [0.1, 0.15) is 104 Å². The van der Waals surface area contributed by atoms with E-state index in [4.69, 9.17) is 4.74 Å². The summed E-state index contributed by atoms with van der Waals surface area (Å²) in [6, 6.07) is 15.0. The SMILES string of the molecule is CC1=C[C@H](n2cc(-c3ccccc3NC(=O)CCCCCCCCCCC(=O)Nc3ccccc3-c3cn(C(C)C)nn3)nn2)[C@@H](C)[C@H]([C@H](O)[C@H](O)CO)O1. The van der Waals surface area contributed by atoms with E-state index in [1.165, 1.54) is 0 Å². The highest BCUT2D eigenvalue weighted by Gasteiger charge is 2.39. The van der Waals surface area contributed by atoms with Gasteiger partial charge in [0.05, 0.1) is 42.2 Å². The van der Waals surface area contributed by atoms with Crippen molar-refractivity contribution >= 4 is 23.2 Å². The molecule has 5 N–H and O–H groups in total. The summed E-state index contributed by atoms with van der Waals surface area (Å²) in [5.41, 5.74) is 4.32. The van der Waals surface area contributed by atoms with Crippen molar-refractivity contribution in [2.24, 2.45) is 5.92 Å². The number of nitrogens with one attached hydrogen (secondary N) is 2. The standard InChI is InChI=1S/C41H56N8O6/c1-27(2)48-24-34(44-46-48)30-17-13-15-19-32(30)42-38(52)21-11-9-7-5-6-8-10-12-22-39(53)43-33-20-16-14-18-31(33)35-25-49(47-45-35)36-23-28(3)55-41(29(36)4)40(54)37(51)26-50/h13-20,23-25,27,29,36-37,40-41,50-51,54H,5-12,21-22,26H2,1-4H3,(H,42,52)(H,43,53)/t29-,36+,37-,40-,41-/m1/s1. The van der Waals surface area contributed by atoms with Gasteiger partial charge in [0.25, 0.3) is 0 Å². The van der Waals surface area contributed by atoms with Crippen molar-refractivity contribution in [1.82, 2.24) is 30.0 Å². The molecule has 0 aliphatic carbocycles. The monoisotopic (exact) mass is 756 g/mol. The van der Waals surface area contributed by atoms with Gasteiger partial charge in [0.2, 0.25) is 11.8 Å². The molecule has 0 spiro atoms. The Morgan fingerprint density at radius 1 is 0.782 bits per heavy atom. The Morgan fingerprint density at radius 3 is 1.82 bits per heavy atom. The van der Waals surface area contributed by atoms with E-state index in [-0.39, 0.29) is 29.8 Å². The van der Waals surface area contributed by atoms with Crippen molar-refractivity contribution in [3.8, 4) is 22.5 Å². The molecule has 0 saturated heterocycles. The van der Waals surface area contributed by atoms with Crippen LogP contribution in [-0.2, 0) is 14.3 Å². The van der Waals surface area contributed by atoms with Crippen molar-refractivity contribution in [2.45, 2.75) is 122 Å². The molecule has 0 fully saturated rings. The number of hydrogen-bond donors (Lipinski definition) is 5. The molecule has 2 aromatic heterocycles. The first kappa shape index (κ1) is 41.2. The summed E-state index contributed by atoms with van der Waals surface area (Å²) in [6.45, 7) is 7.17. The molecule has 4 aromatic rings. The van der Waals surface area contributed by atoms with E-state index in [0.717, 1.165) is 73.9 Å². The van der Waals surface area contributed by atoms with E-state index in [2.05, 4.69) is 31.3 Å². The Hall–Kier alpha value is -4.92. The fourth-order valence-corrected chi connectivity index (χ4v) is 6.86. The highest BCUT2D eigenvalue weighted by Crippen LogP contribution is 2.35. The van der Waals surface area contributed by atoms with Crippen molar-refractivity contribution in [2.75, 3.05) is 17.2 Å². The number of carbonyl (C=O) groups excluding carboxylic acids is 2. The van der Waals surface area contributed by atoms with E-state index >= 15 is 0 Å². The van der Waals surface area contributed by atoms with Crippen molar-refractivity contribution in [3.63, 3.8) is 0 Å². The van der Waals surface area contributed by atoms with Gasteiger partial charge in [0.1, 0.15) is 29.7 Å². The third-order valence-corrected chi connectivity index (χ3v) is 10.1. The Morgan fingerprint density at radius 2 is 1.29 bits per heavy atom.